The quantitative estimate of drug-likeness (QED) is 0.894. The van der Waals surface area contributed by atoms with Gasteiger partial charge in [-0.1, -0.05) is 23.7 Å². The molecule has 1 unspecified atom stereocenters. The molecule has 90 valence electrons. The summed E-state index contributed by atoms with van der Waals surface area (Å²) in [6, 6.07) is 8.22. The Bertz CT molecular complexity index is 508. The van der Waals surface area contributed by atoms with E-state index in [2.05, 4.69) is 0 Å². The maximum absolute atomic E-state index is 13.6. The van der Waals surface area contributed by atoms with Crippen molar-refractivity contribution in [1.82, 2.24) is 0 Å². The Balaban J connectivity index is 2.26. The van der Waals surface area contributed by atoms with Crippen molar-refractivity contribution in [3.8, 4) is 0 Å². The Morgan fingerprint density at radius 3 is 2.76 bits per heavy atom. The van der Waals surface area contributed by atoms with Gasteiger partial charge in [0.15, 0.2) is 0 Å². The van der Waals surface area contributed by atoms with Crippen molar-refractivity contribution < 1.29 is 9.50 Å². The van der Waals surface area contributed by atoms with Crippen LogP contribution in [-0.2, 0) is 12.0 Å². The highest BCUT2D eigenvalue weighted by molar-refractivity contribution is 7.10. The predicted octanol–water partition coefficient (Wildman–Crippen LogP) is 3.99. The summed E-state index contributed by atoms with van der Waals surface area (Å²) in [7, 11) is 0. The zero-order chi connectivity index (χ0) is 12.5. The fourth-order valence-electron chi connectivity index (χ4n) is 1.71. The maximum atomic E-state index is 13.6. The lowest BCUT2D eigenvalue weighted by molar-refractivity contribution is 0.0605. The van der Waals surface area contributed by atoms with Crippen LogP contribution in [-0.4, -0.2) is 5.11 Å². The molecule has 0 saturated carbocycles. The number of hydrogen-bond acceptors (Lipinski definition) is 2. The molecule has 0 bridgehead atoms. The third-order valence-electron chi connectivity index (χ3n) is 2.60. The summed E-state index contributed by atoms with van der Waals surface area (Å²) in [5, 5.41) is 12.6. The van der Waals surface area contributed by atoms with Gasteiger partial charge in [-0.3, -0.25) is 0 Å². The molecule has 0 amide bonds. The average Bonchev–Trinajstić information content (AvgIpc) is 2.76. The molecule has 0 aliphatic heterocycles. The SMILES string of the molecule is CC(O)(Cc1ccc(Cl)cc1F)c1cccs1. The topological polar surface area (TPSA) is 20.2 Å². The van der Waals surface area contributed by atoms with E-state index < -0.39 is 5.60 Å². The first kappa shape index (κ1) is 12.6. The van der Waals surface area contributed by atoms with Crippen LogP contribution in [0.1, 0.15) is 17.4 Å². The molecule has 1 N–H and O–H groups in total. The van der Waals surface area contributed by atoms with Crippen LogP contribution in [0.15, 0.2) is 35.7 Å². The second kappa shape index (κ2) is 4.77. The van der Waals surface area contributed by atoms with Gasteiger partial charge in [0.1, 0.15) is 11.4 Å². The van der Waals surface area contributed by atoms with Gasteiger partial charge < -0.3 is 5.11 Å². The molecular formula is C13H12ClFOS. The van der Waals surface area contributed by atoms with E-state index in [0.717, 1.165) is 4.88 Å². The van der Waals surface area contributed by atoms with E-state index in [9.17, 15) is 9.50 Å². The first-order chi connectivity index (χ1) is 7.99. The van der Waals surface area contributed by atoms with Gasteiger partial charge in [-0.15, -0.1) is 11.3 Å². The van der Waals surface area contributed by atoms with Crippen LogP contribution >= 0.6 is 22.9 Å². The standard InChI is InChI=1S/C13H12ClFOS/c1-13(16,12-3-2-6-17-12)8-9-4-5-10(14)7-11(9)15/h2-7,16H,8H2,1H3. The van der Waals surface area contributed by atoms with Crippen LogP contribution in [0, 0.1) is 5.82 Å². The summed E-state index contributed by atoms with van der Waals surface area (Å²) in [6.45, 7) is 1.69. The molecule has 2 aromatic rings. The van der Waals surface area contributed by atoms with Crippen LogP contribution in [0.2, 0.25) is 5.02 Å². The van der Waals surface area contributed by atoms with Gasteiger partial charge >= 0.3 is 0 Å². The lowest BCUT2D eigenvalue weighted by atomic mass is 9.95. The molecule has 0 fully saturated rings. The summed E-state index contributed by atoms with van der Waals surface area (Å²) >= 11 is 7.15. The molecule has 2 rings (SSSR count). The number of thiophene rings is 1. The lowest BCUT2D eigenvalue weighted by Gasteiger charge is -2.22. The van der Waals surface area contributed by atoms with Crippen LogP contribution in [0.4, 0.5) is 4.39 Å². The first-order valence-electron chi connectivity index (χ1n) is 5.19. The second-order valence-electron chi connectivity index (χ2n) is 4.16. The summed E-state index contributed by atoms with van der Waals surface area (Å²) in [5.41, 5.74) is -0.587. The zero-order valence-electron chi connectivity index (χ0n) is 9.28. The van der Waals surface area contributed by atoms with Crippen molar-refractivity contribution in [2.75, 3.05) is 0 Å². The third kappa shape index (κ3) is 2.86. The summed E-state index contributed by atoms with van der Waals surface area (Å²) in [5.74, 6) is -0.380. The molecule has 4 heteroatoms. The minimum atomic E-state index is -1.05. The molecule has 0 spiro atoms. The number of rotatable bonds is 3. The molecule has 1 aromatic heterocycles. The Kier molecular flexibility index (Phi) is 3.52. The minimum absolute atomic E-state index is 0.233. The van der Waals surface area contributed by atoms with Crippen molar-refractivity contribution in [2.45, 2.75) is 18.9 Å². The van der Waals surface area contributed by atoms with E-state index in [1.54, 1.807) is 19.1 Å². The second-order valence-corrected chi connectivity index (χ2v) is 5.55. The Morgan fingerprint density at radius 1 is 1.41 bits per heavy atom. The normalized spacial score (nSPS) is 14.6. The van der Waals surface area contributed by atoms with Crippen molar-refractivity contribution >= 4 is 22.9 Å². The molecule has 1 nitrogen and oxygen atoms in total. The van der Waals surface area contributed by atoms with Crippen molar-refractivity contribution in [2.24, 2.45) is 0 Å². The Morgan fingerprint density at radius 2 is 2.18 bits per heavy atom. The molecule has 0 aliphatic carbocycles. The smallest absolute Gasteiger partial charge is 0.128 e. The van der Waals surface area contributed by atoms with Gasteiger partial charge in [0.05, 0.1) is 0 Å². The van der Waals surface area contributed by atoms with E-state index in [0.29, 0.717) is 10.6 Å². The van der Waals surface area contributed by atoms with Gasteiger partial charge in [0, 0.05) is 16.3 Å². The number of aliphatic hydroxyl groups is 1. The fraction of sp³-hybridized carbons (Fsp3) is 0.231. The van der Waals surface area contributed by atoms with Crippen LogP contribution in [0.5, 0.6) is 0 Å². The van der Waals surface area contributed by atoms with E-state index in [-0.39, 0.29) is 12.2 Å². The van der Waals surface area contributed by atoms with Gasteiger partial charge in [-0.05, 0) is 36.1 Å². The van der Waals surface area contributed by atoms with Crippen molar-refractivity contribution in [3.63, 3.8) is 0 Å². The highest BCUT2D eigenvalue weighted by Crippen LogP contribution is 2.30. The largest absolute Gasteiger partial charge is 0.384 e. The van der Waals surface area contributed by atoms with E-state index in [1.807, 2.05) is 17.5 Å². The fourth-order valence-corrected chi connectivity index (χ4v) is 2.65. The van der Waals surface area contributed by atoms with Gasteiger partial charge in [-0.25, -0.2) is 4.39 Å². The lowest BCUT2D eigenvalue weighted by Crippen LogP contribution is -2.23. The summed E-state index contributed by atoms with van der Waals surface area (Å²) < 4.78 is 13.6. The number of hydrogen-bond donors (Lipinski definition) is 1. The zero-order valence-corrected chi connectivity index (χ0v) is 10.9. The monoisotopic (exact) mass is 270 g/mol. The van der Waals surface area contributed by atoms with Gasteiger partial charge in [-0.2, -0.15) is 0 Å². The molecule has 0 radical (unpaired) electrons. The molecule has 0 aliphatic rings. The molecule has 1 heterocycles. The van der Waals surface area contributed by atoms with E-state index in [1.165, 1.54) is 17.4 Å². The Hall–Kier alpha value is -0.900. The Labute approximate surface area is 108 Å². The van der Waals surface area contributed by atoms with E-state index in [4.69, 9.17) is 11.6 Å². The number of benzene rings is 1. The van der Waals surface area contributed by atoms with Crippen molar-refractivity contribution in [1.29, 1.82) is 0 Å². The molecule has 17 heavy (non-hydrogen) atoms. The van der Waals surface area contributed by atoms with Crippen LogP contribution < -0.4 is 0 Å². The van der Waals surface area contributed by atoms with Crippen LogP contribution in [0.25, 0.3) is 0 Å². The van der Waals surface area contributed by atoms with Crippen LogP contribution in [0.3, 0.4) is 0 Å². The van der Waals surface area contributed by atoms with Crippen molar-refractivity contribution in [3.05, 3.63) is 57.0 Å². The van der Waals surface area contributed by atoms with Gasteiger partial charge in [0.2, 0.25) is 0 Å². The molecule has 0 saturated heterocycles. The van der Waals surface area contributed by atoms with Gasteiger partial charge in [0.25, 0.3) is 0 Å². The number of halogens is 2. The average molecular weight is 271 g/mol. The molecule has 1 aromatic carbocycles. The summed E-state index contributed by atoms with van der Waals surface area (Å²) in [4.78, 5) is 0.826. The first-order valence-corrected chi connectivity index (χ1v) is 6.45. The third-order valence-corrected chi connectivity index (χ3v) is 3.96. The highest BCUT2D eigenvalue weighted by Gasteiger charge is 2.25. The summed E-state index contributed by atoms with van der Waals surface area (Å²) in [6.07, 6.45) is 0.233. The molecule has 1 atom stereocenters. The molecular weight excluding hydrogens is 259 g/mol. The minimum Gasteiger partial charge on any atom is -0.384 e. The predicted molar refractivity (Wildman–Crippen MR) is 69.0 cm³/mol. The highest BCUT2D eigenvalue weighted by atomic mass is 35.5. The van der Waals surface area contributed by atoms with E-state index >= 15 is 0 Å². The maximum Gasteiger partial charge on any atom is 0.128 e.